The lowest BCUT2D eigenvalue weighted by Crippen LogP contribution is -2.38. The number of carbonyl (C=O) groups is 2. The topological polar surface area (TPSA) is 74.6 Å². The lowest BCUT2D eigenvalue weighted by Gasteiger charge is -2.26. The number of halogens is 1. The van der Waals surface area contributed by atoms with Gasteiger partial charge in [-0.2, -0.15) is 0 Å². The van der Waals surface area contributed by atoms with E-state index in [-0.39, 0.29) is 30.1 Å². The Morgan fingerprint density at radius 1 is 1.10 bits per heavy atom. The number of hydrogen-bond donors (Lipinski definition) is 2. The van der Waals surface area contributed by atoms with E-state index < -0.39 is 6.04 Å². The molecule has 1 unspecified atom stereocenters. The first-order valence-electron chi connectivity index (χ1n) is 9.14. The first-order valence-corrected chi connectivity index (χ1v) is 9.14. The molecule has 29 heavy (non-hydrogen) atoms. The highest BCUT2D eigenvalue weighted by Crippen LogP contribution is 2.21. The molecule has 0 aliphatic rings. The molecule has 1 atom stereocenters. The fraction of sp³-hybridized carbons (Fsp3) is 0.182. The van der Waals surface area contributed by atoms with Crippen LogP contribution in [-0.2, 0) is 6.54 Å². The average Bonchev–Trinajstić information content (AvgIpc) is 3.27. The van der Waals surface area contributed by atoms with Crippen LogP contribution in [0.1, 0.15) is 34.6 Å². The lowest BCUT2D eigenvalue weighted by atomic mass is 10.1. The van der Waals surface area contributed by atoms with Crippen molar-refractivity contribution in [3.8, 4) is 0 Å². The van der Waals surface area contributed by atoms with Crippen LogP contribution in [0.15, 0.2) is 71.3 Å². The van der Waals surface area contributed by atoms with Crippen LogP contribution in [0.25, 0.3) is 0 Å². The Hall–Kier alpha value is -3.61. The molecule has 3 aromatic rings. The van der Waals surface area contributed by atoms with Crippen molar-refractivity contribution < 1.29 is 18.4 Å². The molecule has 0 bridgehead atoms. The molecule has 1 aromatic heterocycles. The maximum Gasteiger partial charge on any atom is 0.317 e. The van der Waals surface area contributed by atoms with Crippen molar-refractivity contribution in [2.24, 2.45) is 0 Å². The molecule has 6 nitrogen and oxygen atoms in total. The summed E-state index contributed by atoms with van der Waals surface area (Å²) in [4.78, 5) is 26.0. The number of nitrogens with one attached hydrogen (secondary N) is 2. The average molecular weight is 395 g/mol. The van der Waals surface area contributed by atoms with E-state index in [0.717, 1.165) is 5.56 Å². The molecule has 3 rings (SSSR count). The van der Waals surface area contributed by atoms with Gasteiger partial charge < -0.3 is 20.0 Å². The van der Waals surface area contributed by atoms with E-state index in [1.807, 2.05) is 6.07 Å². The zero-order chi connectivity index (χ0) is 20.8. The standard InChI is InChI=1S/C22H22FN3O3/c1-15(18-9-3-4-10-19(18)23)26(2)22(28)24-14-16-7-5-8-17(13-16)25-21(27)20-11-6-12-29-20/h3-13,15H,14H2,1-2H3,(H,24,28)(H,25,27). The Morgan fingerprint density at radius 2 is 1.90 bits per heavy atom. The molecule has 0 spiro atoms. The quantitative estimate of drug-likeness (QED) is 0.642. The van der Waals surface area contributed by atoms with Crippen molar-refractivity contribution in [2.75, 3.05) is 12.4 Å². The molecule has 0 saturated heterocycles. The molecular formula is C22H22FN3O3. The Balaban J connectivity index is 1.58. The Bertz CT molecular complexity index is 988. The van der Waals surface area contributed by atoms with Crippen molar-refractivity contribution in [1.29, 1.82) is 0 Å². The highest BCUT2D eigenvalue weighted by atomic mass is 19.1. The summed E-state index contributed by atoms with van der Waals surface area (Å²) in [6.45, 7) is 2.03. The summed E-state index contributed by atoms with van der Waals surface area (Å²) in [7, 11) is 1.62. The van der Waals surface area contributed by atoms with Gasteiger partial charge in [-0.1, -0.05) is 30.3 Å². The molecule has 2 aromatic carbocycles. The van der Waals surface area contributed by atoms with Gasteiger partial charge in [0.05, 0.1) is 12.3 Å². The Kier molecular flexibility index (Phi) is 6.29. The van der Waals surface area contributed by atoms with Crippen molar-refractivity contribution in [3.05, 3.63) is 89.6 Å². The van der Waals surface area contributed by atoms with Crippen LogP contribution in [0, 0.1) is 5.82 Å². The predicted octanol–water partition coefficient (Wildman–Crippen LogP) is 4.57. The zero-order valence-corrected chi connectivity index (χ0v) is 16.2. The molecule has 3 amide bonds. The van der Waals surface area contributed by atoms with Crippen molar-refractivity contribution in [2.45, 2.75) is 19.5 Å². The van der Waals surface area contributed by atoms with Gasteiger partial charge in [0.25, 0.3) is 5.91 Å². The fourth-order valence-corrected chi connectivity index (χ4v) is 2.86. The fourth-order valence-electron chi connectivity index (χ4n) is 2.86. The zero-order valence-electron chi connectivity index (χ0n) is 16.2. The van der Waals surface area contributed by atoms with Crippen molar-refractivity contribution >= 4 is 17.6 Å². The first kappa shape index (κ1) is 20.1. The van der Waals surface area contributed by atoms with Crippen LogP contribution in [-0.4, -0.2) is 23.9 Å². The number of carbonyl (C=O) groups excluding carboxylic acids is 2. The second kappa shape index (κ2) is 9.05. The number of benzene rings is 2. The number of amides is 3. The minimum atomic E-state index is -0.421. The number of anilines is 1. The number of hydrogen-bond acceptors (Lipinski definition) is 3. The highest BCUT2D eigenvalue weighted by molar-refractivity contribution is 6.02. The van der Waals surface area contributed by atoms with Crippen LogP contribution in [0.2, 0.25) is 0 Å². The van der Waals surface area contributed by atoms with Crippen molar-refractivity contribution in [1.82, 2.24) is 10.2 Å². The highest BCUT2D eigenvalue weighted by Gasteiger charge is 2.19. The number of urea groups is 1. The third kappa shape index (κ3) is 5.01. The molecule has 0 aliphatic heterocycles. The maximum atomic E-state index is 14.0. The second-order valence-electron chi connectivity index (χ2n) is 6.60. The summed E-state index contributed by atoms with van der Waals surface area (Å²) in [5, 5.41) is 5.55. The van der Waals surface area contributed by atoms with Gasteiger partial charge in [-0.05, 0) is 42.8 Å². The molecule has 0 aliphatic carbocycles. The van der Waals surface area contributed by atoms with E-state index in [0.29, 0.717) is 11.3 Å². The third-order valence-electron chi connectivity index (χ3n) is 4.63. The van der Waals surface area contributed by atoms with E-state index in [9.17, 15) is 14.0 Å². The Morgan fingerprint density at radius 3 is 2.62 bits per heavy atom. The summed E-state index contributed by atoms with van der Waals surface area (Å²) >= 11 is 0. The lowest BCUT2D eigenvalue weighted by molar-refractivity contribution is 0.0996. The summed E-state index contributed by atoms with van der Waals surface area (Å²) in [5.74, 6) is -0.484. The normalized spacial score (nSPS) is 11.6. The van der Waals surface area contributed by atoms with Crippen LogP contribution in [0.3, 0.4) is 0 Å². The van der Waals surface area contributed by atoms with Crippen LogP contribution < -0.4 is 10.6 Å². The predicted molar refractivity (Wildman–Crippen MR) is 108 cm³/mol. The van der Waals surface area contributed by atoms with Gasteiger partial charge in [-0.15, -0.1) is 0 Å². The SMILES string of the molecule is CC(c1ccccc1F)N(C)C(=O)NCc1cccc(NC(=O)c2ccco2)c1. The van der Waals surface area contributed by atoms with Gasteiger partial charge in [0.1, 0.15) is 5.82 Å². The van der Waals surface area contributed by atoms with Gasteiger partial charge in [0.15, 0.2) is 5.76 Å². The minimum absolute atomic E-state index is 0.215. The molecule has 2 N–H and O–H groups in total. The van der Waals surface area contributed by atoms with Gasteiger partial charge in [-0.25, -0.2) is 9.18 Å². The van der Waals surface area contributed by atoms with Crippen molar-refractivity contribution in [3.63, 3.8) is 0 Å². The minimum Gasteiger partial charge on any atom is -0.459 e. The molecule has 0 saturated carbocycles. The van der Waals surface area contributed by atoms with E-state index in [1.165, 1.54) is 17.2 Å². The van der Waals surface area contributed by atoms with Gasteiger partial charge in [-0.3, -0.25) is 4.79 Å². The molecule has 150 valence electrons. The van der Waals surface area contributed by atoms with Gasteiger partial charge in [0.2, 0.25) is 0 Å². The summed E-state index contributed by atoms with van der Waals surface area (Å²) in [6.07, 6.45) is 1.43. The second-order valence-corrected chi connectivity index (χ2v) is 6.60. The van der Waals surface area contributed by atoms with Gasteiger partial charge in [0, 0.05) is 24.8 Å². The molecule has 7 heteroatoms. The summed E-state index contributed by atoms with van der Waals surface area (Å²) in [6, 6.07) is 16.0. The summed E-state index contributed by atoms with van der Waals surface area (Å²) in [5.41, 5.74) is 1.85. The van der Waals surface area contributed by atoms with Crippen LogP contribution in [0.4, 0.5) is 14.9 Å². The molecular weight excluding hydrogens is 373 g/mol. The molecule has 0 radical (unpaired) electrons. The maximum absolute atomic E-state index is 14.0. The summed E-state index contributed by atoms with van der Waals surface area (Å²) < 4.78 is 19.0. The van der Waals surface area contributed by atoms with Gasteiger partial charge >= 0.3 is 6.03 Å². The van der Waals surface area contributed by atoms with E-state index >= 15 is 0 Å². The monoisotopic (exact) mass is 395 g/mol. The number of nitrogens with zero attached hydrogens (tertiary/aromatic N) is 1. The Labute approximate surface area is 168 Å². The number of rotatable bonds is 6. The van der Waals surface area contributed by atoms with E-state index in [4.69, 9.17) is 4.42 Å². The van der Waals surface area contributed by atoms with Crippen LogP contribution in [0.5, 0.6) is 0 Å². The van der Waals surface area contributed by atoms with E-state index in [1.54, 1.807) is 62.5 Å². The largest absolute Gasteiger partial charge is 0.459 e. The smallest absolute Gasteiger partial charge is 0.317 e. The first-order chi connectivity index (χ1) is 14.0. The third-order valence-corrected chi connectivity index (χ3v) is 4.63. The molecule has 1 heterocycles. The molecule has 0 fully saturated rings. The number of furan rings is 1. The van der Waals surface area contributed by atoms with E-state index in [2.05, 4.69) is 10.6 Å². The van der Waals surface area contributed by atoms with Crippen LogP contribution >= 0.6 is 0 Å².